The van der Waals surface area contributed by atoms with E-state index in [9.17, 15) is 27.9 Å². The van der Waals surface area contributed by atoms with Gasteiger partial charge in [-0.15, -0.1) is 10.2 Å². The maximum atomic E-state index is 13.2. The number of aliphatic hydroxyl groups excluding tert-OH is 1. The number of carbonyl (C=O) groups excluding carboxylic acids is 1. The van der Waals surface area contributed by atoms with Crippen molar-refractivity contribution in [3.05, 3.63) is 73.9 Å². The summed E-state index contributed by atoms with van der Waals surface area (Å²) in [4.78, 5) is 32.8. The van der Waals surface area contributed by atoms with E-state index in [-0.39, 0.29) is 38.8 Å². The summed E-state index contributed by atoms with van der Waals surface area (Å²) < 4.78 is 47.1. The second kappa shape index (κ2) is 11.4. The lowest BCUT2D eigenvalue weighted by Gasteiger charge is -2.15. The van der Waals surface area contributed by atoms with E-state index >= 15 is 0 Å². The summed E-state index contributed by atoms with van der Waals surface area (Å²) in [5.74, 6) is -0.249. The Morgan fingerprint density at radius 3 is 2.33 bits per heavy atom. The summed E-state index contributed by atoms with van der Waals surface area (Å²) >= 11 is 18.4. The number of aliphatic hydroxyl groups is 1. The van der Waals surface area contributed by atoms with Crippen molar-refractivity contribution < 1.29 is 27.8 Å². The van der Waals surface area contributed by atoms with Crippen molar-refractivity contribution in [2.75, 3.05) is 0 Å². The van der Waals surface area contributed by atoms with E-state index in [4.69, 9.17) is 45.3 Å². The third kappa shape index (κ3) is 6.22. The van der Waals surface area contributed by atoms with Crippen LogP contribution in [0.15, 0.2) is 41.5 Å². The van der Waals surface area contributed by atoms with Crippen molar-refractivity contribution in [3.8, 4) is 17.1 Å². The van der Waals surface area contributed by atoms with Gasteiger partial charge in [-0.3, -0.25) is 9.55 Å². The average molecular weight is 622 g/mol. The molecule has 1 aromatic carbocycles. The molecular weight excluding hydrogens is 604 g/mol. The SMILES string of the molecule is C[C@H](OC(N)=O)c1nc(Cn2nc(-c3ccc(Cl)cc3)n(C[C@H](O)C(F)(F)F)c2=O)nn1-c1c(Cl)cncc1Cl. The average Bonchev–Trinajstić information content (AvgIpc) is 3.40. The number of pyridine rings is 1. The first-order chi connectivity index (χ1) is 18.8. The van der Waals surface area contributed by atoms with Crippen LogP contribution >= 0.6 is 34.8 Å². The molecule has 0 fully saturated rings. The molecule has 18 heteroatoms. The van der Waals surface area contributed by atoms with Crippen LogP contribution in [0.1, 0.15) is 24.7 Å². The number of carbonyl (C=O) groups is 1. The van der Waals surface area contributed by atoms with Crippen molar-refractivity contribution in [2.45, 2.75) is 38.4 Å². The summed E-state index contributed by atoms with van der Waals surface area (Å²) in [6.07, 6.45) is -7.45. The van der Waals surface area contributed by atoms with Gasteiger partial charge in [-0.05, 0) is 31.2 Å². The van der Waals surface area contributed by atoms with E-state index in [1.54, 1.807) is 0 Å². The molecule has 0 bridgehead atoms. The Morgan fingerprint density at radius 2 is 1.75 bits per heavy atom. The van der Waals surface area contributed by atoms with Crippen LogP contribution in [0.4, 0.5) is 18.0 Å². The number of nitrogens with two attached hydrogens (primary N) is 1. The molecule has 0 spiro atoms. The Morgan fingerprint density at radius 1 is 1.12 bits per heavy atom. The predicted molar refractivity (Wildman–Crippen MR) is 136 cm³/mol. The summed E-state index contributed by atoms with van der Waals surface area (Å²) in [5, 5.41) is 18.6. The lowest BCUT2D eigenvalue weighted by molar-refractivity contribution is -0.207. The molecule has 3 N–H and O–H groups in total. The standard InChI is InChI=1S/C22H18Cl3F3N8O4/c1-10(40-20(29)38)18-31-16(32-36(18)17-13(24)6-30-7-14(17)25)9-35-21(39)34(8-15(37)22(26,27)28)19(33-35)11-2-4-12(23)5-3-11/h2-7,10,15,37H,8-9H2,1H3,(H2,29,38)/t10-,15-/m0/s1. The largest absolute Gasteiger partial charge is 0.438 e. The minimum atomic E-state index is -4.99. The molecule has 4 aromatic rings. The Kier molecular flexibility index (Phi) is 8.39. The molecular formula is C22H18Cl3F3N8O4. The van der Waals surface area contributed by atoms with Crippen LogP contribution in [0.3, 0.4) is 0 Å². The second-order valence-corrected chi connectivity index (χ2v) is 9.52. The highest BCUT2D eigenvalue weighted by Crippen LogP contribution is 2.30. The van der Waals surface area contributed by atoms with Crippen LogP contribution in [0, 0.1) is 0 Å². The molecule has 0 saturated heterocycles. The molecule has 0 radical (unpaired) electrons. The van der Waals surface area contributed by atoms with Crippen LogP contribution in [0.5, 0.6) is 0 Å². The normalized spacial score (nSPS) is 13.3. The Hall–Kier alpha value is -3.66. The quantitative estimate of drug-likeness (QED) is 0.301. The molecule has 1 amide bonds. The van der Waals surface area contributed by atoms with Crippen molar-refractivity contribution in [1.82, 2.24) is 34.1 Å². The van der Waals surface area contributed by atoms with Gasteiger partial charge in [-0.25, -0.2) is 23.9 Å². The molecule has 0 aliphatic heterocycles. The second-order valence-electron chi connectivity index (χ2n) is 8.27. The fourth-order valence-corrected chi connectivity index (χ4v) is 4.28. The summed E-state index contributed by atoms with van der Waals surface area (Å²) in [6, 6.07) is 5.82. The molecule has 0 unspecified atom stereocenters. The summed E-state index contributed by atoms with van der Waals surface area (Å²) in [6.45, 7) is -0.132. The van der Waals surface area contributed by atoms with Gasteiger partial charge in [0.05, 0.1) is 16.6 Å². The summed E-state index contributed by atoms with van der Waals surface area (Å²) in [7, 11) is 0. The zero-order valence-electron chi connectivity index (χ0n) is 20.2. The maximum Gasteiger partial charge on any atom is 0.416 e. The minimum Gasteiger partial charge on any atom is -0.438 e. The first kappa shape index (κ1) is 29.3. The number of amides is 1. The lowest BCUT2D eigenvalue weighted by Crippen LogP contribution is -2.37. The molecule has 0 aliphatic carbocycles. The fourth-order valence-electron chi connectivity index (χ4n) is 3.63. The van der Waals surface area contributed by atoms with E-state index in [0.717, 1.165) is 9.36 Å². The maximum absolute atomic E-state index is 13.2. The van der Waals surface area contributed by atoms with Gasteiger partial charge in [0.2, 0.25) is 0 Å². The smallest absolute Gasteiger partial charge is 0.416 e. The number of halogens is 6. The Labute approximate surface area is 237 Å². The molecule has 4 rings (SSSR count). The first-order valence-corrected chi connectivity index (χ1v) is 12.3. The van der Waals surface area contributed by atoms with Crippen molar-refractivity contribution in [1.29, 1.82) is 0 Å². The third-order valence-corrected chi connectivity index (χ3v) is 6.23. The van der Waals surface area contributed by atoms with E-state index < -0.39 is 43.3 Å². The third-order valence-electron chi connectivity index (χ3n) is 5.42. The molecule has 2 atom stereocenters. The molecule has 3 aromatic heterocycles. The molecule has 12 nitrogen and oxygen atoms in total. The van der Waals surface area contributed by atoms with Gasteiger partial charge in [0.1, 0.15) is 12.2 Å². The fraction of sp³-hybridized carbons (Fsp3) is 0.273. The number of hydrogen-bond donors (Lipinski definition) is 2. The van der Waals surface area contributed by atoms with E-state index in [1.165, 1.54) is 43.6 Å². The highest BCUT2D eigenvalue weighted by Gasteiger charge is 2.39. The molecule has 0 saturated carbocycles. The van der Waals surface area contributed by atoms with Gasteiger partial charge >= 0.3 is 18.0 Å². The van der Waals surface area contributed by atoms with Gasteiger partial charge < -0.3 is 15.6 Å². The highest BCUT2D eigenvalue weighted by atomic mass is 35.5. The van der Waals surface area contributed by atoms with Gasteiger partial charge in [-0.2, -0.15) is 13.2 Å². The minimum absolute atomic E-state index is 0.00157. The number of primary amides is 1. The van der Waals surface area contributed by atoms with Crippen LogP contribution in [0.2, 0.25) is 15.1 Å². The van der Waals surface area contributed by atoms with Gasteiger partial charge in [0.15, 0.2) is 29.7 Å². The topological polar surface area (TPSA) is 156 Å². The Balaban J connectivity index is 1.82. The lowest BCUT2D eigenvalue weighted by atomic mass is 10.2. The van der Waals surface area contributed by atoms with E-state index in [0.29, 0.717) is 9.59 Å². The van der Waals surface area contributed by atoms with Crippen molar-refractivity contribution >= 4 is 40.9 Å². The van der Waals surface area contributed by atoms with Crippen molar-refractivity contribution in [3.63, 3.8) is 0 Å². The molecule has 3 heterocycles. The van der Waals surface area contributed by atoms with Crippen LogP contribution < -0.4 is 11.4 Å². The zero-order valence-corrected chi connectivity index (χ0v) is 22.4. The Bertz CT molecular complexity index is 1580. The first-order valence-electron chi connectivity index (χ1n) is 11.2. The number of ether oxygens (including phenoxy) is 1. The van der Waals surface area contributed by atoms with Crippen molar-refractivity contribution in [2.24, 2.45) is 5.73 Å². The zero-order chi connectivity index (χ0) is 29.4. The number of rotatable bonds is 8. The predicted octanol–water partition coefficient (Wildman–Crippen LogP) is 3.78. The number of nitrogens with zero attached hydrogens (tertiary/aromatic N) is 7. The molecule has 40 heavy (non-hydrogen) atoms. The number of alkyl halides is 3. The highest BCUT2D eigenvalue weighted by molar-refractivity contribution is 6.37. The number of aromatic nitrogens is 7. The van der Waals surface area contributed by atoms with Gasteiger partial charge in [-0.1, -0.05) is 34.8 Å². The molecule has 212 valence electrons. The van der Waals surface area contributed by atoms with Crippen LogP contribution in [0.25, 0.3) is 17.1 Å². The molecule has 0 aliphatic rings. The van der Waals surface area contributed by atoms with E-state index in [1.807, 2.05) is 0 Å². The number of benzene rings is 1. The van der Waals surface area contributed by atoms with Gasteiger partial charge in [0, 0.05) is 23.0 Å². The van der Waals surface area contributed by atoms with Crippen LogP contribution in [-0.2, 0) is 17.8 Å². The summed E-state index contributed by atoms with van der Waals surface area (Å²) in [5.41, 5.74) is 4.53. The monoisotopic (exact) mass is 620 g/mol. The van der Waals surface area contributed by atoms with Gasteiger partial charge in [0.25, 0.3) is 0 Å². The van der Waals surface area contributed by atoms with Crippen LogP contribution in [-0.4, -0.2) is 57.6 Å². The number of hydrogen-bond acceptors (Lipinski definition) is 8. The van der Waals surface area contributed by atoms with E-state index in [2.05, 4.69) is 20.2 Å².